The Morgan fingerprint density at radius 2 is 1.85 bits per heavy atom. The Labute approximate surface area is 155 Å². The molecule has 1 aliphatic rings. The first-order chi connectivity index (χ1) is 12.2. The van der Waals surface area contributed by atoms with E-state index in [1.54, 1.807) is 0 Å². The molecular weight excluding hydrogens is 332 g/mol. The van der Waals surface area contributed by atoms with Crippen molar-refractivity contribution in [3.63, 3.8) is 0 Å². The third-order valence-electron chi connectivity index (χ3n) is 4.35. The van der Waals surface area contributed by atoms with Gasteiger partial charge in [0.2, 0.25) is 0 Å². The minimum absolute atomic E-state index is 0.00630. The fourth-order valence-corrected chi connectivity index (χ4v) is 2.88. The van der Waals surface area contributed by atoms with Gasteiger partial charge in [0.25, 0.3) is 5.91 Å². The number of carbonyl (C=O) groups excluding carboxylic acids is 2. The lowest BCUT2D eigenvalue weighted by Gasteiger charge is -2.32. The summed E-state index contributed by atoms with van der Waals surface area (Å²) in [7, 11) is 0. The molecule has 2 amide bonds. The second-order valence-electron chi connectivity index (χ2n) is 7.76. The van der Waals surface area contributed by atoms with Crippen LogP contribution >= 0.6 is 0 Å². The summed E-state index contributed by atoms with van der Waals surface area (Å²) in [5.41, 5.74) is 0.531. The molecule has 1 heterocycles. The molecular formula is C20H30N2O4. The van der Waals surface area contributed by atoms with Crippen molar-refractivity contribution in [2.45, 2.75) is 46.1 Å². The lowest BCUT2D eigenvalue weighted by Crippen LogP contribution is -2.43. The number of hydrogen-bond donors (Lipinski definition) is 1. The predicted molar refractivity (Wildman–Crippen MR) is 100 cm³/mol. The molecule has 144 valence electrons. The Balaban J connectivity index is 1.68. The number of likely N-dealkylation sites (tertiary alicyclic amines) is 1. The number of nitrogens with one attached hydrogen (secondary N) is 1. The average molecular weight is 362 g/mol. The van der Waals surface area contributed by atoms with Crippen molar-refractivity contribution >= 4 is 12.0 Å². The van der Waals surface area contributed by atoms with E-state index in [-0.39, 0.29) is 18.6 Å². The van der Waals surface area contributed by atoms with E-state index in [1.165, 1.54) is 0 Å². The number of alkyl carbamates (subject to hydrolysis) is 1. The van der Waals surface area contributed by atoms with Crippen LogP contribution in [-0.4, -0.2) is 48.7 Å². The van der Waals surface area contributed by atoms with Gasteiger partial charge in [-0.25, -0.2) is 4.79 Å². The van der Waals surface area contributed by atoms with Crippen LogP contribution in [0.4, 0.5) is 4.79 Å². The van der Waals surface area contributed by atoms with E-state index < -0.39 is 5.60 Å². The SMILES string of the molecule is Cc1ccccc1OCC(=O)N1CCC(CNC(=O)OC(C)(C)C)CC1. The largest absolute Gasteiger partial charge is 0.484 e. The summed E-state index contributed by atoms with van der Waals surface area (Å²) in [6, 6.07) is 7.68. The van der Waals surface area contributed by atoms with Gasteiger partial charge in [-0.15, -0.1) is 0 Å². The molecule has 1 fully saturated rings. The minimum Gasteiger partial charge on any atom is -0.484 e. The van der Waals surface area contributed by atoms with Gasteiger partial charge in [0.15, 0.2) is 6.61 Å². The zero-order valence-corrected chi connectivity index (χ0v) is 16.2. The number of amides is 2. The molecule has 1 N–H and O–H groups in total. The molecule has 6 nitrogen and oxygen atoms in total. The van der Waals surface area contributed by atoms with Gasteiger partial charge in [-0.1, -0.05) is 18.2 Å². The van der Waals surface area contributed by atoms with Crippen LogP contribution in [-0.2, 0) is 9.53 Å². The molecule has 0 radical (unpaired) electrons. The number of benzene rings is 1. The normalized spacial score (nSPS) is 15.5. The van der Waals surface area contributed by atoms with Gasteiger partial charge in [-0.2, -0.15) is 0 Å². The first-order valence-corrected chi connectivity index (χ1v) is 9.17. The topological polar surface area (TPSA) is 67.9 Å². The Morgan fingerprint density at radius 1 is 1.19 bits per heavy atom. The summed E-state index contributed by atoms with van der Waals surface area (Å²) in [6.07, 6.45) is 1.35. The molecule has 26 heavy (non-hydrogen) atoms. The summed E-state index contributed by atoms with van der Waals surface area (Å²) in [4.78, 5) is 25.9. The molecule has 1 aromatic rings. The molecule has 0 aromatic heterocycles. The maximum atomic E-state index is 12.3. The first kappa shape index (κ1) is 20.1. The molecule has 1 aliphatic heterocycles. The van der Waals surface area contributed by atoms with Gasteiger partial charge in [-0.05, 0) is 58.1 Å². The number of carbonyl (C=O) groups is 2. The first-order valence-electron chi connectivity index (χ1n) is 9.17. The molecule has 2 rings (SSSR count). The Hall–Kier alpha value is -2.24. The van der Waals surface area contributed by atoms with Gasteiger partial charge in [-0.3, -0.25) is 4.79 Å². The number of piperidine rings is 1. The number of ether oxygens (including phenoxy) is 2. The second kappa shape index (κ2) is 8.92. The van der Waals surface area contributed by atoms with E-state index in [9.17, 15) is 9.59 Å². The van der Waals surface area contributed by atoms with Gasteiger partial charge < -0.3 is 19.7 Å². The van der Waals surface area contributed by atoms with Crippen LogP contribution in [0.3, 0.4) is 0 Å². The molecule has 1 aromatic carbocycles. The lowest BCUT2D eigenvalue weighted by atomic mass is 9.97. The van der Waals surface area contributed by atoms with Crippen LogP contribution in [0.15, 0.2) is 24.3 Å². The lowest BCUT2D eigenvalue weighted by molar-refractivity contribution is -0.134. The fraction of sp³-hybridized carbons (Fsp3) is 0.600. The van der Waals surface area contributed by atoms with Crippen LogP contribution in [0.2, 0.25) is 0 Å². The molecule has 6 heteroatoms. The molecule has 0 aliphatic carbocycles. The highest BCUT2D eigenvalue weighted by Crippen LogP contribution is 2.19. The molecule has 0 saturated carbocycles. The molecule has 0 bridgehead atoms. The number of para-hydroxylation sites is 1. The quantitative estimate of drug-likeness (QED) is 0.874. The highest BCUT2D eigenvalue weighted by molar-refractivity contribution is 5.77. The third kappa shape index (κ3) is 6.58. The van der Waals surface area contributed by atoms with E-state index in [0.717, 1.165) is 24.2 Å². The summed E-state index contributed by atoms with van der Waals surface area (Å²) in [5.74, 6) is 1.12. The fourth-order valence-electron chi connectivity index (χ4n) is 2.88. The van der Waals surface area contributed by atoms with E-state index in [4.69, 9.17) is 9.47 Å². The Bertz CT molecular complexity index is 616. The monoisotopic (exact) mass is 362 g/mol. The van der Waals surface area contributed by atoms with Crippen molar-refractivity contribution in [1.82, 2.24) is 10.2 Å². The molecule has 1 saturated heterocycles. The van der Waals surface area contributed by atoms with Crippen LogP contribution in [0.5, 0.6) is 5.75 Å². The van der Waals surface area contributed by atoms with E-state index in [2.05, 4.69) is 5.32 Å². The second-order valence-corrected chi connectivity index (χ2v) is 7.76. The average Bonchev–Trinajstić information content (AvgIpc) is 2.58. The van der Waals surface area contributed by atoms with Crippen LogP contribution in [0, 0.1) is 12.8 Å². The zero-order chi connectivity index (χ0) is 19.2. The van der Waals surface area contributed by atoms with Gasteiger partial charge in [0.1, 0.15) is 11.4 Å². The Kier molecular flexibility index (Phi) is 6.89. The van der Waals surface area contributed by atoms with Crippen molar-refractivity contribution in [1.29, 1.82) is 0 Å². The van der Waals surface area contributed by atoms with E-state index >= 15 is 0 Å². The van der Waals surface area contributed by atoms with E-state index in [0.29, 0.717) is 25.6 Å². The number of hydrogen-bond acceptors (Lipinski definition) is 4. The van der Waals surface area contributed by atoms with Crippen LogP contribution < -0.4 is 10.1 Å². The van der Waals surface area contributed by atoms with Crippen molar-refractivity contribution in [3.8, 4) is 5.75 Å². The molecule has 0 spiro atoms. The van der Waals surface area contributed by atoms with Crippen LogP contribution in [0.1, 0.15) is 39.2 Å². The van der Waals surface area contributed by atoms with E-state index in [1.807, 2.05) is 56.9 Å². The summed E-state index contributed by atoms with van der Waals surface area (Å²) in [5, 5.41) is 2.82. The number of nitrogens with zero attached hydrogens (tertiary/aromatic N) is 1. The highest BCUT2D eigenvalue weighted by Gasteiger charge is 2.24. The standard InChI is InChI=1S/C20H30N2O4/c1-15-7-5-6-8-17(15)25-14-18(23)22-11-9-16(10-12-22)13-21-19(24)26-20(2,3)4/h5-8,16H,9-14H2,1-4H3,(H,21,24). The maximum absolute atomic E-state index is 12.3. The predicted octanol–water partition coefficient (Wildman–Crippen LogP) is 3.14. The molecule has 0 unspecified atom stereocenters. The van der Waals surface area contributed by atoms with Crippen molar-refractivity contribution < 1.29 is 19.1 Å². The van der Waals surface area contributed by atoms with Gasteiger partial charge >= 0.3 is 6.09 Å². The minimum atomic E-state index is -0.489. The van der Waals surface area contributed by atoms with Crippen molar-refractivity contribution in [2.75, 3.05) is 26.2 Å². The highest BCUT2D eigenvalue weighted by atomic mass is 16.6. The number of rotatable bonds is 5. The maximum Gasteiger partial charge on any atom is 0.407 e. The smallest absolute Gasteiger partial charge is 0.407 e. The van der Waals surface area contributed by atoms with Crippen molar-refractivity contribution in [3.05, 3.63) is 29.8 Å². The summed E-state index contributed by atoms with van der Waals surface area (Å²) in [6.45, 7) is 9.51. The zero-order valence-electron chi connectivity index (χ0n) is 16.2. The van der Waals surface area contributed by atoms with Crippen LogP contribution in [0.25, 0.3) is 0 Å². The molecule has 0 atom stereocenters. The third-order valence-corrected chi connectivity index (χ3v) is 4.35. The summed E-state index contributed by atoms with van der Waals surface area (Å²) >= 11 is 0. The Morgan fingerprint density at radius 3 is 2.46 bits per heavy atom. The number of aryl methyl sites for hydroxylation is 1. The van der Waals surface area contributed by atoms with Crippen molar-refractivity contribution in [2.24, 2.45) is 5.92 Å². The van der Waals surface area contributed by atoms with Gasteiger partial charge in [0.05, 0.1) is 0 Å². The van der Waals surface area contributed by atoms with Gasteiger partial charge in [0, 0.05) is 19.6 Å². The summed E-state index contributed by atoms with van der Waals surface area (Å²) < 4.78 is 10.9.